The average molecular weight is 286 g/mol. The van der Waals surface area contributed by atoms with Gasteiger partial charge in [-0.15, -0.1) is 0 Å². The Morgan fingerprint density at radius 2 is 1.90 bits per heavy atom. The van der Waals surface area contributed by atoms with E-state index in [0.29, 0.717) is 38.5 Å². The molecule has 1 heterocycles. The molecule has 0 radical (unpaired) electrons. The molecule has 2 N–H and O–H groups in total. The number of aliphatic carboxylic acids is 1. The number of rotatable bonds is 7. The molecule has 0 atom stereocenters. The van der Waals surface area contributed by atoms with E-state index in [1.165, 1.54) is 0 Å². The standard InChI is InChI=1S/C14H26N2O4/c1-2-7-15(10-11-17)14(20)16-8-5-12(6-9-16)3-4-13(18)19/h12,17H,2-11H2,1H3,(H,18,19). The van der Waals surface area contributed by atoms with Crippen molar-refractivity contribution in [2.45, 2.75) is 39.0 Å². The van der Waals surface area contributed by atoms with Crippen LogP contribution in [0.5, 0.6) is 0 Å². The molecule has 0 saturated carbocycles. The summed E-state index contributed by atoms with van der Waals surface area (Å²) in [5.74, 6) is -0.340. The maximum Gasteiger partial charge on any atom is 0.320 e. The number of carbonyl (C=O) groups excluding carboxylic acids is 1. The number of urea groups is 1. The van der Waals surface area contributed by atoms with Crippen LogP contribution in [-0.2, 0) is 4.79 Å². The van der Waals surface area contributed by atoms with Crippen LogP contribution in [-0.4, -0.2) is 64.8 Å². The highest BCUT2D eigenvalue weighted by Crippen LogP contribution is 2.22. The van der Waals surface area contributed by atoms with Gasteiger partial charge in [0.15, 0.2) is 0 Å². The zero-order valence-electron chi connectivity index (χ0n) is 12.3. The monoisotopic (exact) mass is 286 g/mol. The van der Waals surface area contributed by atoms with Gasteiger partial charge in [0.2, 0.25) is 0 Å². The predicted molar refractivity (Wildman–Crippen MR) is 75.5 cm³/mol. The summed E-state index contributed by atoms with van der Waals surface area (Å²) in [6, 6.07) is -0.00224. The van der Waals surface area contributed by atoms with Crippen molar-refractivity contribution >= 4 is 12.0 Å². The number of hydrogen-bond donors (Lipinski definition) is 2. The van der Waals surface area contributed by atoms with Gasteiger partial charge in [0.1, 0.15) is 0 Å². The molecule has 2 amide bonds. The van der Waals surface area contributed by atoms with Gasteiger partial charge < -0.3 is 20.0 Å². The molecular weight excluding hydrogens is 260 g/mol. The first-order chi connectivity index (χ1) is 9.58. The number of aliphatic hydroxyl groups excluding tert-OH is 1. The molecule has 0 aromatic rings. The summed E-state index contributed by atoms with van der Waals surface area (Å²) in [6.45, 7) is 4.42. The summed E-state index contributed by atoms with van der Waals surface area (Å²) in [6.07, 6.45) is 3.54. The lowest BCUT2D eigenvalue weighted by Crippen LogP contribution is -2.47. The van der Waals surface area contributed by atoms with Gasteiger partial charge in [-0.2, -0.15) is 0 Å². The summed E-state index contributed by atoms with van der Waals surface area (Å²) in [4.78, 5) is 26.4. The fourth-order valence-electron chi connectivity index (χ4n) is 2.63. The Hall–Kier alpha value is -1.30. The van der Waals surface area contributed by atoms with Gasteiger partial charge in [-0.3, -0.25) is 4.79 Å². The maximum atomic E-state index is 12.3. The second-order valence-electron chi connectivity index (χ2n) is 5.36. The van der Waals surface area contributed by atoms with Gasteiger partial charge >= 0.3 is 12.0 Å². The fraction of sp³-hybridized carbons (Fsp3) is 0.857. The van der Waals surface area contributed by atoms with Crippen LogP contribution in [0.25, 0.3) is 0 Å². The van der Waals surface area contributed by atoms with Crippen LogP contribution < -0.4 is 0 Å². The molecule has 0 aromatic heterocycles. The van der Waals surface area contributed by atoms with E-state index < -0.39 is 5.97 Å². The van der Waals surface area contributed by atoms with Gasteiger partial charge in [0.05, 0.1) is 6.61 Å². The van der Waals surface area contributed by atoms with Crippen LogP contribution in [0.4, 0.5) is 4.79 Å². The summed E-state index contributed by atoms with van der Waals surface area (Å²) in [7, 11) is 0. The molecule has 6 heteroatoms. The number of piperidine rings is 1. The quantitative estimate of drug-likeness (QED) is 0.741. The van der Waals surface area contributed by atoms with Crippen molar-refractivity contribution in [2.75, 3.05) is 32.8 Å². The molecule has 0 aromatic carbocycles. The summed E-state index contributed by atoms with van der Waals surface area (Å²) in [5.41, 5.74) is 0. The third-order valence-electron chi connectivity index (χ3n) is 3.79. The Bertz CT molecular complexity index is 308. The lowest BCUT2D eigenvalue weighted by atomic mass is 9.92. The van der Waals surface area contributed by atoms with Crippen molar-refractivity contribution in [3.8, 4) is 0 Å². The van der Waals surface area contributed by atoms with E-state index in [1.54, 1.807) is 4.90 Å². The minimum Gasteiger partial charge on any atom is -0.481 e. The molecule has 0 spiro atoms. The summed E-state index contributed by atoms with van der Waals surface area (Å²) in [5, 5.41) is 17.7. The van der Waals surface area contributed by atoms with Crippen molar-refractivity contribution in [1.82, 2.24) is 9.80 Å². The van der Waals surface area contributed by atoms with Crippen molar-refractivity contribution in [1.29, 1.82) is 0 Å². The van der Waals surface area contributed by atoms with Gasteiger partial charge in [-0.1, -0.05) is 6.92 Å². The lowest BCUT2D eigenvalue weighted by molar-refractivity contribution is -0.137. The minimum absolute atomic E-state index is 0.00224. The number of hydrogen-bond acceptors (Lipinski definition) is 3. The van der Waals surface area contributed by atoms with Crippen LogP contribution in [0.1, 0.15) is 39.0 Å². The molecule has 1 aliphatic rings. The lowest BCUT2D eigenvalue weighted by Gasteiger charge is -2.35. The van der Waals surface area contributed by atoms with E-state index in [1.807, 2.05) is 11.8 Å². The second kappa shape index (κ2) is 8.79. The third kappa shape index (κ3) is 5.36. The van der Waals surface area contributed by atoms with Crippen molar-refractivity contribution in [3.63, 3.8) is 0 Å². The van der Waals surface area contributed by atoms with E-state index in [0.717, 1.165) is 19.3 Å². The van der Waals surface area contributed by atoms with Crippen LogP contribution in [0.2, 0.25) is 0 Å². The Morgan fingerprint density at radius 3 is 2.40 bits per heavy atom. The zero-order chi connectivity index (χ0) is 15.0. The normalized spacial score (nSPS) is 16.2. The van der Waals surface area contributed by atoms with Crippen molar-refractivity contribution in [2.24, 2.45) is 5.92 Å². The Balaban J connectivity index is 2.39. The number of aliphatic hydroxyl groups is 1. The topological polar surface area (TPSA) is 81.1 Å². The van der Waals surface area contributed by atoms with E-state index in [4.69, 9.17) is 10.2 Å². The largest absolute Gasteiger partial charge is 0.481 e. The van der Waals surface area contributed by atoms with Gasteiger partial charge in [0.25, 0.3) is 0 Å². The minimum atomic E-state index is -0.749. The molecule has 1 fully saturated rings. The number of nitrogens with zero attached hydrogens (tertiary/aromatic N) is 2. The van der Waals surface area contributed by atoms with Gasteiger partial charge in [-0.05, 0) is 31.6 Å². The Kier molecular flexibility index (Phi) is 7.36. The smallest absolute Gasteiger partial charge is 0.320 e. The first-order valence-corrected chi connectivity index (χ1v) is 7.45. The van der Waals surface area contributed by atoms with Crippen LogP contribution >= 0.6 is 0 Å². The molecule has 1 aliphatic heterocycles. The summed E-state index contributed by atoms with van der Waals surface area (Å²) >= 11 is 0. The molecule has 0 bridgehead atoms. The van der Waals surface area contributed by atoms with E-state index >= 15 is 0 Å². The van der Waals surface area contributed by atoms with E-state index in [2.05, 4.69) is 0 Å². The molecule has 20 heavy (non-hydrogen) atoms. The molecular formula is C14H26N2O4. The summed E-state index contributed by atoms with van der Waals surface area (Å²) < 4.78 is 0. The SMILES string of the molecule is CCCN(CCO)C(=O)N1CCC(CCC(=O)O)CC1. The predicted octanol–water partition coefficient (Wildman–Crippen LogP) is 1.39. The number of carboxylic acid groups (broad SMARTS) is 1. The number of carboxylic acids is 1. The second-order valence-corrected chi connectivity index (χ2v) is 5.36. The van der Waals surface area contributed by atoms with Gasteiger partial charge in [0, 0.05) is 32.6 Å². The Labute approximate surface area is 120 Å². The van der Waals surface area contributed by atoms with E-state index in [-0.39, 0.29) is 19.1 Å². The maximum absolute atomic E-state index is 12.3. The van der Waals surface area contributed by atoms with Crippen LogP contribution in [0.15, 0.2) is 0 Å². The molecule has 1 saturated heterocycles. The van der Waals surface area contributed by atoms with Crippen LogP contribution in [0, 0.1) is 5.92 Å². The first kappa shape index (κ1) is 16.8. The molecule has 6 nitrogen and oxygen atoms in total. The highest BCUT2D eigenvalue weighted by Gasteiger charge is 2.25. The van der Waals surface area contributed by atoms with E-state index in [9.17, 15) is 9.59 Å². The number of carbonyl (C=O) groups is 2. The Morgan fingerprint density at radius 1 is 1.25 bits per heavy atom. The molecule has 116 valence electrons. The van der Waals surface area contributed by atoms with Crippen molar-refractivity contribution < 1.29 is 19.8 Å². The van der Waals surface area contributed by atoms with Crippen molar-refractivity contribution in [3.05, 3.63) is 0 Å². The highest BCUT2D eigenvalue weighted by molar-refractivity contribution is 5.74. The number of likely N-dealkylation sites (tertiary alicyclic amines) is 1. The van der Waals surface area contributed by atoms with Crippen LogP contribution in [0.3, 0.4) is 0 Å². The average Bonchev–Trinajstić information content (AvgIpc) is 2.44. The molecule has 1 rings (SSSR count). The third-order valence-corrected chi connectivity index (χ3v) is 3.79. The first-order valence-electron chi connectivity index (χ1n) is 7.45. The fourth-order valence-corrected chi connectivity index (χ4v) is 2.63. The van der Waals surface area contributed by atoms with Gasteiger partial charge in [-0.25, -0.2) is 4.79 Å². The molecule has 0 unspecified atom stereocenters. The molecule has 0 aliphatic carbocycles. The zero-order valence-corrected chi connectivity index (χ0v) is 12.3. The highest BCUT2D eigenvalue weighted by atomic mass is 16.4. The number of amides is 2.